The van der Waals surface area contributed by atoms with Gasteiger partial charge in [-0.3, -0.25) is 0 Å². The molecule has 0 bridgehead atoms. The van der Waals surface area contributed by atoms with Crippen LogP contribution in [-0.2, 0) is 0 Å². The van der Waals surface area contributed by atoms with Crippen molar-refractivity contribution < 1.29 is 13.2 Å². The van der Waals surface area contributed by atoms with Crippen molar-refractivity contribution in [1.82, 2.24) is 0 Å². The molecule has 0 radical (unpaired) electrons. The molecule has 0 saturated carbocycles. The molecule has 2 aromatic rings. The van der Waals surface area contributed by atoms with E-state index in [0.29, 0.717) is 16.8 Å². The van der Waals surface area contributed by atoms with E-state index < -0.39 is 17.5 Å². The molecular weight excluding hydrogens is 289 g/mol. The minimum absolute atomic E-state index is 0.0131. The topological polar surface area (TPSA) is 38.0 Å². The van der Waals surface area contributed by atoms with Crippen LogP contribution < -0.4 is 11.1 Å². The summed E-state index contributed by atoms with van der Waals surface area (Å²) in [6.45, 7) is 9.17. The lowest BCUT2D eigenvalue weighted by Gasteiger charge is -2.17. The van der Waals surface area contributed by atoms with E-state index in [0.717, 1.165) is 12.1 Å². The van der Waals surface area contributed by atoms with Gasteiger partial charge < -0.3 is 11.1 Å². The van der Waals surface area contributed by atoms with Crippen molar-refractivity contribution >= 4 is 22.6 Å². The van der Waals surface area contributed by atoms with Crippen molar-refractivity contribution in [2.45, 2.75) is 6.92 Å². The Bertz CT molecular complexity index is 767. The molecule has 0 aromatic heterocycles. The van der Waals surface area contributed by atoms with Crippen LogP contribution in [0.4, 0.5) is 24.5 Å². The number of benzene rings is 2. The molecule has 0 fully saturated rings. The van der Waals surface area contributed by atoms with Crippen molar-refractivity contribution in [2.24, 2.45) is 0 Å². The number of hydrogen-bond donors (Lipinski definition) is 2. The number of rotatable bonds is 4. The number of nitrogen functional groups attached to an aromatic ring is 1. The maximum atomic E-state index is 14.2. The van der Waals surface area contributed by atoms with Gasteiger partial charge in [-0.15, -0.1) is 0 Å². The van der Waals surface area contributed by atoms with Gasteiger partial charge in [-0.05, 0) is 36.8 Å². The van der Waals surface area contributed by atoms with Gasteiger partial charge >= 0.3 is 0 Å². The van der Waals surface area contributed by atoms with Gasteiger partial charge in [0, 0.05) is 28.6 Å². The number of anilines is 2. The summed E-state index contributed by atoms with van der Waals surface area (Å²) in [6, 6.07) is 5.65. The Morgan fingerprint density at radius 3 is 2.27 bits per heavy atom. The van der Waals surface area contributed by atoms with Crippen LogP contribution in [0.25, 0.3) is 11.3 Å². The van der Waals surface area contributed by atoms with Crippen molar-refractivity contribution in [3.63, 3.8) is 0 Å². The first kappa shape index (κ1) is 15.7. The third-order valence-corrected chi connectivity index (χ3v) is 3.13. The van der Waals surface area contributed by atoms with Crippen LogP contribution in [0, 0.1) is 17.5 Å². The van der Waals surface area contributed by atoms with E-state index in [-0.39, 0.29) is 16.9 Å². The lowest BCUT2D eigenvalue weighted by atomic mass is 9.97. The molecule has 0 aliphatic heterocycles. The highest BCUT2D eigenvalue weighted by atomic mass is 19.1. The SMILES string of the molecule is C=C(C)c1c(N)ccc(F)c1C(=C)Nc1ccc(F)cc1F. The molecule has 2 rings (SSSR count). The van der Waals surface area contributed by atoms with E-state index >= 15 is 0 Å². The monoisotopic (exact) mass is 304 g/mol. The zero-order chi connectivity index (χ0) is 16.4. The minimum atomic E-state index is -0.803. The summed E-state index contributed by atoms with van der Waals surface area (Å²) in [4.78, 5) is 0. The highest BCUT2D eigenvalue weighted by molar-refractivity contribution is 5.87. The average molecular weight is 304 g/mol. The first-order valence-corrected chi connectivity index (χ1v) is 6.46. The Hall–Kier alpha value is -2.69. The number of nitrogens with two attached hydrogens (primary N) is 1. The van der Waals surface area contributed by atoms with Crippen molar-refractivity contribution in [2.75, 3.05) is 11.1 Å². The Morgan fingerprint density at radius 2 is 1.68 bits per heavy atom. The predicted octanol–water partition coefficient (Wildman–Crippen LogP) is 4.80. The molecule has 0 spiro atoms. The van der Waals surface area contributed by atoms with Crippen molar-refractivity contribution in [3.05, 3.63) is 72.1 Å². The van der Waals surface area contributed by atoms with Crippen LogP contribution in [0.3, 0.4) is 0 Å². The summed E-state index contributed by atoms with van der Waals surface area (Å²) in [6.07, 6.45) is 0. The number of nitrogens with one attached hydrogen (secondary N) is 1. The summed E-state index contributed by atoms with van der Waals surface area (Å²) < 4.78 is 40.8. The zero-order valence-corrected chi connectivity index (χ0v) is 12.0. The van der Waals surface area contributed by atoms with Crippen LogP contribution in [0.5, 0.6) is 0 Å². The predicted molar refractivity (Wildman–Crippen MR) is 84.5 cm³/mol. The van der Waals surface area contributed by atoms with Gasteiger partial charge in [-0.1, -0.05) is 13.2 Å². The lowest BCUT2D eigenvalue weighted by Crippen LogP contribution is -2.07. The van der Waals surface area contributed by atoms with Crippen LogP contribution >= 0.6 is 0 Å². The molecule has 5 heteroatoms. The average Bonchev–Trinajstić information content (AvgIpc) is 2.43. The second-order valence-corrected chi connectivity index (χ2v) is 4.89. The molecule has 0 atom stereocenters. The second-order valence-electron chi connectivity index (χ2n) is 4.89. The van der Waals surface area contributed by atoms with E-state index in [4.69, 9.17) is 5.73 Å². The smallest absolute Gasteiger partial charge is 0.149 e. The number of halogens is 3. The molecule has 2 nitrogen and oxygen atoms in total. The summed E-state index contributed by atoms with van der Waals surface area (Å²) in [5, 5.41) is 2.64. The van der Waals surface area contributed by atoms with Gasteiger partial charge in [0.15, 0.2) is 0 Å². The molecule has 0 saturated heterocycles. The number of hydrogen-bond acceptors (Lipinski definition) is 2. The van der Waals surface area contributed by atoms with Crippen LogP contribution in [0.2, 0.25) is 0 Å². The molecule has 3 N–H and O–H groups in total. The molecule has 0 aliphatic rings. The maximum Gasteiger partial charge on any atom is 0.149 e. The fourth-order valence-corrected chi connectivity index (χ4v) is 2.16. The fourth-order valence-electron chi connectivity index (χ4n) is 2.16. The number of allylic oxidation sites excluding steroid dienone is 1. The standard InChI is InChI=1S/C17H15F3N2/c1-9(2)16-14(21)6-5-12(19)17(16)10(3)22-15-7-4-11(18)8-13(15)20/h4-8,22H,1,3,21H2,2H3. The molecule has 0 heterocycles. The van der Waals surface area contributed by atoms with Gasteiger partial charge in [-0.2, -0.15) is 0 Å². The molecule has 22 heavy (non-hydrogen) atoms. The Kier molecular flexibility index (Phi) is 4.26. The van der Waals surface area contributed by atoms with E-state index in [1.807, 2.05) is 0 Å². The largest absolute Gasteiger partial charge is 0.398 e. The normalized spacial score (nSPS) is 10.4. The van der Waals surface area contributed by atoms with E-state index in [1.54, 1.807) is 6.92 Å². The molecule has 0 unspecified atom stereocenters. The minimum Gasteiger partial charge on any atom is -0.398 e. The highest BCUT2D eigenvalue weighted by Crippen LogP contribution is 2.32. The Morgan fingerprint density at radius 1 is 1.00 bits per heavy atom. The summed E-state index contributed by atoms with van der Waals surface area (Å²) in [7, 11) is 0. The van der Waals surface area contributed by atoms with Gasteiger partial charge in [0.05, 0.1) is 5.69 Å². The Balaban J connectivity index is 2.46. The van der Waals surface area contributed by atoms with E-state index in [1.165, 1.54) is 18.2 Å². The molecule has 114 valence electrons. The molecule has 2 aromatic carbocycles. The molecule has 0 aliphatic carbocycles. The van der Waals surface area contributed by atoms with Gasteiger partial charge in [-0.25, -0.2) is 13.2 Å². The summed E-state index contributed by atoms with van der Waals surface area (Å²) in [5.41, 5.74) is 7.34. The first-order chi connectivity index (χ1) is 10.3. The van der Waals surface area contributed by atoms with Gasteiger partial charge in [0.25, 0.3) is 0 Å². The van der Waals surface area contributed by atoms with Crippen LogP contribution in [0.15, 0.2) is 43.5 Å². The molecule has 0 amide bonds. The van der Waals surface area contributed by atoms with E-state index in [2.05, 4.69) is 18.5 Å². The lowest BCUT2D eigenvalue weighted by molar-refractivity contribution is 0.586. The van der Waals surface area contributed by atoms with Gasteiger partial charge in [0.1, 0.15) is 17.5 Å². The third kappa shape index (κ3) is 2.98. The highest BCUT2D eigenvalue weighted by Gasteiger charge is 2.16. The third-order valence-electron chi connectivity index (χ3n) is 3.13. The van der Waals surface area contributed by atoms with Gasteiger partial charge in [0.2, 0.25) is 0 Å². The van der Waals surface area contributed by atoms with Crippen LogP contribution in [-0.4, -0.2) is 0 Å². The zero-order valence-electron chi connectivity index (χ0n) is 12.0. The summed E-state index contributed by atoms with van der Waals surface area (Å²) >= 11 is 0. The Labute approximate surface area is 126 Å². The summed E-state index contributed by atoms with van der Waals surface area (Å²) in [5.74, 6) is -2.07. The van der Waals surface area contributed by atoms with Crippen molar-refractivity contribution in [1.29, 1.82) is 0 Å². The fraction of sp³-hybridized carbons (Fsp3) is 0.0588. The van der Waals surface area contributed by atoms with Crippen LogP contribution in [0.1, 0.15) is 18.1 Å². The second kappa shape index (κ2) is 5.97. The first-order valence-electron chi connectivity index (χ1n) is 6.46. The molecular formula is C17H15F3N2. The maximum absolute atomic E-state index is 14.2. The quantitative estimate of drug-likeness (QED) is 0.796. The van der Waals surface area contributed by atoms with Crippen molar-refractivity contribution in [3.8, 4) is 0 Å². The van der Waals surface area contributed by atoms with E-state index in [9.17, 15) is 13.2 Å².